The van der Waals surface area contributed by atoms with Gasteiger partial charge in [0.1, 0.15) is 11.9 Å². The largest absolute Gasteiger partial charge is 0.490 e. The van der Waals surface area contributed by atoms with E-state index in [1.807, 2.05) is 0 Å². The van der Waals surface area contributed by atoms with Crippen molar-refractivity contribution in [2.75, 3.05) is 5.73 Å². The molecule has 0 bridgehead atoms. The predicted molar refractivity (Wildman–Crippen MR) is 92.2 cm³/mol. The van der Waals surface area contributed by atoms with E-state index in [9.17, 15) is 37.3 Å². The van der Waals surface area contributed by atoms with Gasteiger partial charge in [0.15, 0.2) is 6.10 Å². The lowest BCUT2D eigenvalue weighted by Crippen LogP contribution is -2.43. The van der Waals surface area contributed by atoms with Gasteiger partial charge in [0.05, 0.1) is 6.10 Å². The minimum Gasteiger partial charge on any atom is -0.384 e. The zero-order valence-corrected chi connectivity index (χ0v) is 17.7. The van der Waals surface area contributed by atoms with Crippen molar-refractivity contribution in [3.63, 3.8) is 0 Å². The number of aromatic nitrogens is 2. The summed E-state index contributed by atoms with van der Waals surface area (Å²) in [6, 6.07) is 0.982. The molecule has 1 aliphatic heterocycles. The topological polar surface area (TPSA) is 250 Å². The Hall–Kier alpha value is -1.13. The van der Waals surface area contributed by atoms with Crippen LogP contribution in [0.5, 0.6) is 0 Å². The van der Waals surface area contributed by atoms with Gasteiger partial charge in [0, 0.05) is 6.20 Å². The Kier molecular flexibility index (Phi) is 7.30. The molecule has 178 valence electrons. The highest BCUT2D eigenvalue weighted by atomic mass is 31.3. The van der Waals surface area contributed by atoms with Crippen LogP contribution in [0, 0.1) is 0 Å². The Morgan fingerprint density at radius 3 is 2.32 bits per heavy atom. The molecule has 21 heteroatoms. The number of aliphatic hydroxyl groups is 1. The van der Waals surface area contributed by atoms with Crippen molar-refractivity contribution in [1.29, 1.82) is 0 Å². The van der Waals surface area contributed by atoms with Gasteiger partial charge in [-0.15, -0.1) is 0 Å². The second-order valence-electron chi connectivity index (χ2n) is 6.02. The number of phosphoric ester groups is 1. The molecule has 6 atom stereocenters. The van der Waals surface area contributed by atoms with Crippen molar-refractivity contribution >= 4 is 29.3 Å². The number of ether oxygens (including phenoxy) is 1. The van der Waals surface area contributed by atoms with Gasteiger partial charge in [0.25, 0.3) is 0 Å². The molecule has 2 heterocycles. The fraction of sp³-hybridized carbons (Fsp3) is 0.600. The quantitative estimate of drug-likeness (QED) is 0.237. The summed E-state index contributed by atoms with van der Waals surface area (Å²) in [4.78, 5) is 50.5. The van der Waals surface area contributed by atoms with Gasteiger partial charge in [-0.25, -0.2) is 18.5 Å². The van der Waals surface area contributed by atoms with Crippen LogP contribution in [0.2, 0.25) is 0 Å². The molecule has 0 saturated carbocycles. The molecule has 0 aromatic carbocycles. The first kappa shape index (κ1) is 26.1. The molecule has 0 amide bonds. The molecule has 31 heavy (non-hydrogen) atoms. The molecular formula is C10H16F2N3O13P3. The normalized spacial score (nSPS) is 28.6. The number of rotatable bonds is 8. The number of hydrogen-bond donors (Lipinski definition) is 6. The number of alkyl halides is 2. The summed E-state index contributed by atoms with van der Waals surface area (Å²) in [5, 5.41) is 9.89. The van der Waals surface area contributed by atoms with Gasteiger partial charge >= 0.3 is 35.1 Å². The Balaban J connectivity index is 2.20. The zero-order chi connectivity index (χ0) is 24.0. The highest BCUT2D eigenvalue weighted by molar-refractivity contribution is 7.66. The lowest BCUT2D eigenvalue weighted by atomic mass is 10.1. The van der Waals surface area contributed by atoms with Crippen LogP contribution in [0.3, 0.4) is 0 Å². The minimum atomic E-state index is -5.85. The van der Waals surface area contributed by atoms with Crippen LogP contribution in [-0.2, 0) is 31.6 Å². The molecular weight excluding hydrogens is 501 g/mol. The van der Waals surface area contributed by atoms with E-state index in [2.05, 4.69) is 18.1 Å². The van der Waals surface area contributed by atoms with Crippen molar-refractivity contribution in [3.05, 3.63) is 22.7 Å². The van der Waals surface area contributed by atoms with E-state index in [4.69, 9.17) is 25.2 Å². The number of nitrogens with zero attached hydrogens (tertiary/aromatic N) is 2. The molecule has 0 spiro atoms. The molecule has 2 rings (SSSR count). The first-order chi connectivity index (χ1) is 13.8. The number of anilines is 1. The van der Waals surface area contributed by atoms with Crippen LogP contribution in [0.4, 0.5) is 14.6 Å². The highest BCUT2D eigenvalue weighted by Crippen LogP contribution is 2.66. The molecule has 2 unspecified atom stereocenters. The smallest absolute Gasteiger partial charge is 0.384 e. The Morgan fingerprint density at radius 2 is 1.81 bits per heavy atom. The second kappa shape index (κ2) is 8.67. The number of nitrogens with two attached hydrogens (primary N) is 1. The van der Waals surface area contributed by atoms with Gasteiger partial charge < -0.3 is 35.2 Å². The average Bonchev–Trinajstić information content (AvgIpc) is 2.74. The molecule has 1 fully saturated rings. The molecule has 1 aliphatic rings. The summed E-state index contributed by atoms with van der Waals surface area (Å²) < 4.78 is 79.2. The maximum absolute atomic E-state index is 14.5. The molecule has 1 aromatic heterocycles. The van der Waals surface area contributed by atoms with Crippen molar-refractivity contribution < 1.29 is 65.0 Å². The van der Waals surface area contributed by atoms with Crippen molar-refractivity contribution in [3.8, 4) is 0 Å². The maximum atomic E-state index is 14.5. The summed E-state index contributed by atoms with van der Waals surface area (Å²) in [5.74, 6) is -4.44. The fourth-order valence-corrected chi connectivity index (χ4v) is 5.67. The third-order valence-corrected chi connectivity index (χ3v) is 7.53. The van der Waals surface area contributed by atoms with Crippen molar-refractivity contribution in [1.82, 2.24) is 9.55 Å². The summed E-state index contributed by atoms with van der Waals surface area (Å²) in [6.07, 6.45) is -8.43. The van der Waals surface area contributed by atoms with Gasteiger partial charge in [-0.2, -0.15) is 22.4 Å². The van der Waals surface area contributed by atoms with Gasteiger partial charge in [0.2, 0.25) is 6.23 Å². The monoisotopic (exact) mass is 517 g/mol. The first-order valence-electron chi connectivity index (χ1n) is 7.73. The molecule has 7 N–H and O–H groups in total. The molecule has 0 aliphatic carbocycles. The second-order valence-corrected chi connectivity index (χ2v) is 10.4. The first-order valence-corrected chi connectivity index (χ1v) is 12.2. The fourth-order valence-electron chi connectivity index (χ4n) is 2.47. The number of aliphatic hydroxyl groups excluding tert-OH is 1. The number of halogens is 2. The third-order valence-electron chi connectivity index (χ3n) is 3.60. The lowest BCUT2D eigenvalue weighted by Gasteiger charge is -2.24. The Labute approximate surface area is 170 Å². The number of nitrogen functional groups attached to an aromatic ring is 1. The maximum Gasteiger partial charge on any atom is 0.490 e. The Morgan fingerprint density at radius 1 is 1.23 bits per heavy atom. The van der Waals surface area contributed by atoms with E-state index in [1.165, 1.54) is 0 Å². The third kappa shape index (κ3) is 6.44. The van der Waals surface area contributed by atoms with E-state index < -0.39 is 59.6 Å². The van der Waals surface area contributed by atoms with E-state index in [-0.39, 0.29) is 10.4 Å². The molecule has 0 radical (unpaired) electrons. The van der Waals surface area contributed by atoms with Crippen molar-refractivity contribution in [2.45, 2.75) is 37.4 Å². The van der Waals surface area contributed by atoms with Gasteiger partial charge in [-0.3, -0.25) is 9.09 Å². The minimum absolute atomic E-state index is 0.289. The summed E-state index contributed by atoms with van der Waals surface area (Å²) in [5.41, 5.74) is 3.99. The van der Waals surface area contributed by atoms with E-state index >= 15 is 0 Å². The summed E-state index contributed by atoms with van der Waals surface area (Å²) >= 11 is 0. The SMILES string of the molecule is C[C@@H](OP(=O)(O)OP(=O)(O)OP(=O)(O)O)[C@H]1O[C@@H](n2ccc(N)nc2=O)C(F)(F)[C@@H]1O. The highest BCUT2D eigenvalue weighted by Gasteiger charge is 2.61. The van der Waals surface area contributed by atoms with Crippen LogP contribution in [0.1, 0.15) is 13.2 Å². The van der Waals surface area contributed by atoms with Crippen LogP contribution < -0.4 is 11.4 Å². The zero-order valence-electron chi connectivity index (χ0n) is 15.0. The number of hydrogen-bond acceptors (Lipinski definition) is 11. The van der Waals surface area contributed by atoms with E-state index in [1.54, 1.807) is 0 Å². The Bertz CT molecular complexity index is 1030. The summed E-state index contributed by atoms with van der Waals surface area (Å²) in [7, 11) is -17.2. The number of phosphoric acid groups is 3. The van der Waals surface area contributed by atoms with E-state index in [0.717, 1.165) is 19.2 Å². The van der Waals surface area contributed by atoms with E-state index in [0.29, 0.717) is 0 Å². The van der Waals surface area contributed by atoms with Gasteiger partial charge in [-0.1, -0.05) is 0 Å². The van der Waals surface area contributed by atoms with Crippen LogP contribution in [0.25, 0.3) is 0 Å². The molecule has 1 aromatic rings. The summed E-state index contributed by atoms with van der Waals surface area (Å²) in [6.45, 7) is 0.814. The average molecular weight is 517 g/mol. The molecule has 16 nitrogen and oxygen atoms in total. The predicted octanol–water partition coefficient (Wildman–Crippen LogP) is -0.549. The van der Waals surface area contributed by atoms with Gasteiger partial charge in [-0.05, 0) is 13.0 Å². The lowest BCUT2D eigenvalue weighted by molar-refractivity contribution is -0.141. The van der Waals surface area contributed by atoms with Crippen molar-refractivity contribution in [2.24, 2.45) is 0 Å². The van der Waals surface area contributed by atoms with Crippen LogP contribution in [-0.4, -0.2) is 58.5 Å². The molecule has 1 saturated heterocycles. The van der Waals surface area contributed by atoms with Crippen LogP contribution in [0.15, 0.2) is 17.1 Å². The van der Waals surface area contributed by atoms with Crippen LogP contribution >= 0.6 is 23.5 Å². The standard InChI is InChI=1S/C10H16F2N3O13P3/c1-4(26-30(21,22)28-31(23,24)27-29(18,19)20)6-7(16)10(11,12)8(25-6)15-3-2-5(13)14-9(15)17/h2-4,6-8,16H,1H3,(H,21,22)(H,23,24)(H2,13,14,17)(H2,18,19,20)/t4-,6-,7-,8-/m1/s1.